The smallest absolute Gasteiger partial charge is 0.326 e. The van der Waals surface area contributed by atoms with E-state index < -0.39 is 12.0 Å². The molecule has 0 spiro atoms. The van der Waals surface area contributed by atoms with E-state index in [9.17, 15) is 14.7 Å². The van der Waals surface area contributed by atoms with Gasteiger partial charge < -0.3 is 10.4 Å². The van der Waals surface area contributed by atoms with Gasteiger partial charge in [0.2, 0.25) is 0 Å². The first-order chi connectivity index (χ1) is 15.9. The predicted octanol–water partition coefficient (Wildman–Crippen LogP) is 5.55. The predicted molar refractivity (Wildman–Crippen MR) is 136 cm³/mol. The number of benzene rings is 2. The Kier molecular flexibility index (Phi) is 8.44. The number of rotatable bonds is 9. The molecular formula is C27H28N2O3S. The highest BCUT2D eigenvalue weighted by Crippen LogP contribution is 2.29. The zero-order valence-electron chi connectivity index (χ0n) is 19.0. The molecule has 2 aromatic carbocycles. The zero-order chi connectivity index (χ0) is 23.8. The summed E-state index contributed by atoms with van der Waals surface area (Å²) in [6.45, 7) is 4.02. The number of carbonyl (C=O) groups excluding carboxylic acids is 1. The molecule has 0 saturated carbocycles. The van der Waals surface area contributed by atoms with Gasteiger partial charge in [0.05, 0.1) is 0 Å². The average molecular weight is 461 g/mol. The first-order valence-corrected chi connectivity index (χ1v) is 12.1. The second kappa shape index (κ2) is 11.5. The monoisotopic (exact) mass is 460 g/mol. The molecule has 3 rings (SSSR count). The normalized spacial score (nSPS) is 12.3. The number of aromatic nitrogens is 1. The lowest BCUT2D eigenvalue weighted by Gasteiger charge is -2.17. The Morgan fingerprint density at radius 1 is 1.12 bits per heavy atom. The van der Waals surface area contributed by atoms with Gasteiger partial charge in [0, 0.05) is 18.0 Å². The summed E-state index contributed by atoms with van der Waals surface area (Å²) in [6.07, 6.45) is 7.89. The van der Waals surface area contributed by atoms with E-state index in [1.54, 1.807) is 24.0 Å². The van der Waals surface area contributed by atoms with Crippen molar-refractivity contribution in [1.29, 1.82) is 0 Å². The Morgan fingerprint density at radius 3 is 2.58 bits per heavy atom. The number of carbonyl (C=O) groups is 2. The molecule has 0 radical (unpaired) electrons. The maximum absolute atomic E-state index is 13.2. The molecule has 6 heteroatoms. The minimum Gasteiger partial charge on any atom is -0.480 e. The van der Waals surface area contributed by atoms with Gasteiger partial charge in [0.1, 0.15) is 6.04 Å². The van der Waals surface area contributed by atoms with E-state index in [1.165, 1.54) is 0 Å². The molecule has 0 saturated heterocycles. The lowest BCUT2D eigenvalue weighted by Crippen LogP contribution is -2.41. The number of allylic oxidation sites excluding steroid dienone is 1. The third-order valence-electron chi connectivity index (χ3n) is 5.44. The summed E-state index contributed by atoms with van der Waals surface area (Å²) in [4.78, 5) is 29.0. The summed E-state index contributed by atoms with van der Waals surface area (Å²) in [6, 6.07) is 16.5. The fourth-order valence-corrected chi connectivity index (χ4v) is 4.08. The molecule has 0 bridgehead atoms. The molecule has 1 atom stereocenters. The topological polar surface area (TPSA) is 79.3 Å². The maximum atomic E-state index is 13.2. The maximum Gasteiger partial charge on any atom is 0.326 e. The van der Waals surface area contributed by atoms with E-state index in [0.29, 0.717) is 17.7 Å². The van der Waals surface area contributed by atoms with E-state index in [-0.39, 0.29) is 5.91 Å². The molecule has 2 N–H and O–H groups in total. The van der Waals surface area contributed by atoms with Gasteiger partial charge in [-0.2, -0.15) is 11.8 Å². The van der Waals surface area contributed by atoms with Crippen LogP contribution in [0, 0.1) is 6.92 Å². The van der Waals surface area contributed by atoms with Crippen LogP contribution >= 0.6 is 11.8 Å². The lowest BCUT2D eigenvalue weighted by molar-refractivity contribution is -0.139. The van der Waals surface area contributed by atoms with Crippen LogP contribution in [-0.2, 0) is 4.79 Å². The molecule has 1 amide bonds. The Hall–Kier alpha value is -3.38. The third kappa shape index (κ3) is 6.33. The minimum absolute atomic E-state index is 0.368. The molecule has 0 aliphatic heterocycles. The molecular weight excluding hydrogens is 432 g/mol. The van der Waals surface area contributed by atoms with Crippen molar-refractivity contribution < 1.29 is 14.7 Å². The first kappa shape index (κ1) is 24.3. The van der Waals surface area contributed by atoms with E-state index in [0.717, 1.165) is 33.4 Å². The van der Waals surface area contributed by atoms with Crippen molar-refractivity contribution in [1.82, 2.24) is 10.3 Å². The second-order valence-electron chi connectivity index (χ2n) is 7.83. The van der Waals surface area contributed by atoms with Gasteiger partial charge in [-0.1, -0.05) is 42.5 Å². The lowest BCUT2D eigenvalue weighted by atomic mass is 9.93. The van der Waals surface area contributed by atoms with Crippen LogP contribution in [0.3, 0.4) is 0 Å². The quantitative estimate of drug-likeness (QED) is 0.437. The number of nitrogens with zero attached hydrogens (tertiary/aromatic N) is 1. The van der Waals surface area contributed by atoms with Crippen LogP contribution in [-0.4, -0.2) is 40.0 Å². The average Bonchev–Trinajstić information content (AvgIpc) is 2.82. The number of carboxylic acids is 1. The van der Waals surface area contributed by atoms with Crippen molar-refractivity contribution in [2.75, 3.05) is 12.0 Å². The molecule has 3 aromatic rings. The van der Waals surface area contributed by atoms with Crippen molar-refractivity contribution in [3.63, 3.8) is 0 Å². The molecule has 0 fully saturated rings. The summed E-state index contributed by atoms with van der Waals surface area (Å²) in [7, 11) is 0. The van der Waals surface area contributed by atoms with Gasteiger partial charge in [0.25, 0.3) is 5.91 Å². The van der Waals surface area contributed by atoms with Gasteiger partial charge in [-0.05, 0) is 83.9 Å². The summed E-state index contributed by atoms with van der Waals surface area (Å²) in [5.74, 6) is -0.762. The first-order valence-electron chi connectivity index (χ1n) is 10.7. The fourth-order valence-electron chi connectivity index (χ4n) is 3.61. The Bertz CT molecular complexity index is 1160. The van der Waals surface area contributed by atoms with Crippen LogP contribution in [0.5, 0.6) is 0 Å². The molecule has 0 aliphatic carbocycles. The number of hydrogen-bond donors (Lipinski definition) is 2. The van der Waals surface area contributed by atoms with Gasteiger partial charge in [-0.25, -0.2) is 4.79 Å². The minimum atomic E-state index is -1.03. The van der Waals surface area contributed by atoms with Crippen LogP contribution in [0.15, 0.2) is 67.0 Å². The summed E-state index contributed by atoms with van der Waals surface area (Å²) in [5, 5.41) is 12.2. The van der Waals surface area contributed by atoms with E-state index in [2.05, 4.69) is 16.4 Å². The Morgan fingerprint density at radius 2 is 1.91 bits per heavy atom. The SMILES string of the molecule is CSCC[C@H](NC(=O)c1ccc(/C=C(/C)c2cccnc2)cc1-c1ccccc1C)C(=O)O. The van der Waals surface area contributed by atoms with E-state index in [4.69, 9.17) is 0 Å². The van der Waals surface area contributed by atoms with E-state index in [1.807, 2.05) is 74.8 Å². The van der Waals surface area contributed by atoms with Gasteiger partial charge in [-0.15, -0.1) is 0 Å². The van der Waals surface area contributed by atoms with Crippen molar-refractivity contribution in [3.05, 3.63) is 89.2 Å². The standard InChI is InChI=1S/C27H28N2O3S/c1-18-7-4-5-9-22(18)24-16-20(15-19(2)21-8-6-13-28-17-21)10-11-23(24)26(30)29-25(27(31)32)12-14-33-3/h4-11,13,15-17,25H,12,14H2,1-3H3,(H,29,30)(H,31,32)/b19-15-/t25-/m0/s1. The molecule has 33 heavy (non-hydrogen) atoms. The Labute approximate surface area is 199 Å². The number of nitrogens with one attached hydrogen (secondary N) is 1. The fraction of sp³-hybridized carbons (Fsp3) is 0.222. The van der Waals surface area contributed by atoms with Crippen LogP contribution in [0.2, 0.25) is 0 Å². The van der Waals surface area contributed by atoms with Crippen LogP contribution in [0.4, 0.5) is 0 Å². The number of carboxylic acid groups (broad SMARTS) is 1. The van der Waals surface area contributed by atoms with Crippen molar-refractivity contribution in [2.45, 2.75) is 26.3 Å². The molecule has 0 aliphatic rings. The van der Waals surface area contributed by atoms with Crippen LogP contribution in [0.25, 0.3) is 22.8 Å². The van der Waals surface area contributed by atoms with Crippen molar-refractivity contribution in [2.24, 2.45) is 0 Å². The second-order valence-corrected chi connectivity index (χ2v) is 8.82. The number of thioether (sulfide) groups is 1. The van der Waals surface area contributed by atoms with Gasteiger partial charge >= 0.3 is 5.97 Å². The Balaban J connectivity index is 2.02. The van der Waals surface area contributed by atoms with Crippen molar-refractivity contribution in [3.8, 4) is 11.1 Å². The van der Waals surface area contributed by atoms with E-state index >= 15 is 0 Å². The largest absolute Gasteiger partial charge is 0.480 e. The molecule has 0 unspecified atom stereocenters. The zero-order valence-corrected chi connectivity index (χ0v) is 19.9. The molecule has 170 valence electrons. The number of amides is 1. The van der Waals surface area contributed by atoms with Crippen LogP contribution < -0.4 is 5.32 Å². The highest BCUT2D eigenvalue weighted by atomic mass is 32.2. The molecule has 1 heterocycles. The molecule has 1 aromatic heterocycles. The summed E-state index contributed by atoms with van der Waals surface area (Å²) in [5.41, 5.74) is 6.22. The van der Waals surface area contributed by atoms with Crippen molar-refractivity contribution >= 4 is 35.3 Å². The highest BCUT2D eigenvalue weighted by molar-refractivity contribution is 7.98. The highest BCUT2D eigenvalue weighted by Gasteiger charge is 2.22. The third-order valence-corrected chi connectivity index (χ3v) is 6.08. The van der Waals surface area contributed by atoms with Crippen LogP contribution in [0.1, 0.15) is 40.4 Å². The summed E-state index contributed by atoms with van der Waals surface area (Å²) < 4.78 is 0. The summed E-state index contributed by atoms with van der Waals surface area (Å²) >= 11 is 1.55. The molecule has 5 nitrogen and oxygen atoms in total. The number of hydrogen-bond acceptors (Lipinski definition) is 4. The van der Waals surface area contributed by atoms with Gasteiger partial charge in [0.15, 0.2) is 0 Å². The number of aryl methyl sites for hydroxylation is 1. The number of pyridine rings is 1. The van der Waals surface area contributed by atoms with Gasteiger partial charge in [-0.3, -0.25) is 9.78 Å². The number of aliphatic carboxylic acids is 1.